The number of hydrogen-bond donors (Lipinski definition) is 3. The van der Waals surface area contributed by atoms with Crippen LogP contribution < -0.4 is 10.6 Å². The Morgan fingerprint density at radius 3 is 2.81 bits per heavy atom. The molecule has 1 fully saturated rings. The maximum absolute atomic E-state index is 11.8. The molecule has 1 saturated heterocycles. The second kappa shape index (κ2) is 6.17. The first kappa shape index (κ1) is 15.4. The van der Waals surface area contributed by atoms with Crippen molar-refractivity contribution in [1.82, 2.24) is 10.6 Å². The Balaban J connectivity index is 1.78. The third-order valence-corrected chi connectivity index (χ3v) is 3.33. The highest BCUT2D eigenvalue weighted by Crippen LogP contribution is 2.23. The van der Waals surface area contributed by atoms with Crippen LogP contribution in [-0.2, 0) is 11.3 Å². The zero-order chi connectivity index (χ0) is 15.5. The number of carbonyl (C=O) groups is 2. The van der Waals surface area contributed by atoms with Crippen LogP contribution >= 0.6 is 0 Å². The molecule has 2 amide bonds. The highest BCUT2D eigenvalue weighted by Gasteiger charge is 2.29. The van der Waals surface area contributed by atoms with Gasteiger partial charge in [-0.3, -0.25) is 0 Å². The summed E-state index contributed by atoms with van der Waals surface area (Å²) in [6.45, 7) is 4.76. The van der Waals surface area contributed by atoms with Gasteiger partial charge in [0, 0.05) is 12.6 Å². The van der Waals surface area contributed by atoms with E-state index in [2.05, 4.69) is 10.6 Å². The SMILES string of the molecule is CC1(C)CC(NC(=O)NCc2ccc(C(=O)O)o2)CCO1. The van der Waals surface area contributed by atoms with Crippen LogP contribution in [0.25, 0.3) is 0 Å². The summed E-state index contributed by atoms with van der Waals surface area (Å²) in [6, 6.07) is 2.66. The molecule has 2 rings (SSSR count). The number of hydrogen-bond acceptors (Lipinski definition) is 4. The van der Waals surface area contributed by atoms with Gasteiger partial charge in [0.1, 0.15) is 5.76 Å². The van der Waals surface area contributed by atoms with Gasteiger partial charge < -0.3 is 24.9 Å². The summed E-state index contributed by atoms with van der Waals surface area (Å²) in [5.41, 5.74) is -0.229. The van der Waals surface area contributed by atoms with E-state index >= 15 is 0 Å². The molecule has 0 saturated carbocycles. The van der Waals surface area contributed by atoms with Crippen molar-refractivity contribution in [3.8, 4) is 0 Å². The largest absolute Gasteiger partial charge is 0.475 e. The second-order valence-electron chi connectivity index (χ2n) is 5.70. The molecule has 1 unspecified atom stereocenters. The summed E-state index contributed by atoms with van der Waals surface area (Å²) in [5.74, 6) is -0.872. The van der Waals surface area contributed by atoms with Crippen molar-refractivity contribution in [3.63, 3.8) is 0 Å². The van der Waals surface area contributed by atoms with Gasteiger partial charge in [0.15, 0.2) is 0 Å². The molecule has 2 heterocycles. The number of furan rings is 1. The van der Waals surface area contributed by atoms with E-state index in [-0.39, 0.29) is 30.0 Å². The lowest BCUT2D eigenvalue weighted by atomic mass is 9.94. The van der Waals surface area contributed by atoms with E-state index < -0.39 is 5.97 Å². The molecule has 0 spiro atoms. The molecule has 1 aromatic heterocycles. The number of amides is 2. The fourth-order valence-electron chi connectivity index (χ4n) is 2.35. The fraction of sp³-hybridized carbons (Fsp3) is 0.571. The van der Waals surface area contributed by atoms with Crippen molar-refractivity contribution in [2.24, 2.45) is 0 Å². The number of aromatic carboxylic acids is 1. The lowest BCUT2D eigenvalue weighted by molar-refractivity contribution is -0.0611. The Labute approximate surface area is 122 Å². The molecule has 7 heteroatoms. The maximum atomic E-state index is 11.8. The van der Waals surface area contributed by atoms with Crippen LogP contribution in [0.1, 0.15) is 43.0 Å². The molecule has 1 aliphatic heterocycles. The summed E-state index contributed by atoms with van der Waals surface area (Å²) in [5, 5.41) is 14.3. The van der Waals surface area contributed by atoms with Gasteiger partial charge >= 0.3 is 12.0 Å². The van der Waals surface area contributed by atoms with Gasteiger partial charge in [0.25, 0.3) is 0 Å². The third kappa shape index (κ3) is 4.49. The molecule has 0 aliphatic carbocycles. The molecular formula is C14H20N2O5. The van der Waals surface area contributed by atoms with E-state index in [1.807, 2.05) is 13.8 Å². The molecule has 116 valence electrons. The molecule has 0 radical (unpaired) electrons. The molecule has 0 bridgehead atoms. The van der Waals surface area contributed by atoms with Crippen molar-refractivity contribution in [2.45, 2.75) is 44.9 Å². The summed E-state index contributed by atoms with van der Waals surface area (Å²) in [7, 11) is 0. The Morgan fingerprint density at radius 2 is 2.19 bits per heavy atom. The van der Waals surface area contributed by atoms with Crippen LogP contribution in [0, 0.1) is 0 Å². The maximum Gasteiger partial charge on any atom is 0.371 e. The van der Waals surface area contributed by atoms with Crippen LogP contribution in [0.4, 0.5) is 4.79 Å². The Morgan fingerprint density at radius 1 is 1.43 bits per heavy atom. The van der Waals surface area contributed by atoms with E-state index in [0.717, 1.165) is 12.8 Å². The second-order valence-corrected chi connectivity index (χ2v) is 5.70. The zero-order valence-electron chi connectivity index (χ0n) is 12.1. The van der Waals surface area contributed by atoms with Crippen molar-refractivity contribution >= 4 is 12.0 Å². The van der Waals surface area contributed by atoms with Crippen molar-refractivity contribution in [3.05, 3.63) is 23.7 Å². The summed E-state index contributed by atoms with van der Waals surface area (Å²) in [6.07, 6.45) is 1.53. The Bertz CT molecular complexity index is 523. The van der Waals surface area contributed by atoms with Gasteiger partial charge in [0.05, 0.1) is 12.1 Å². The first-order chi connectivity index (χ1) is 9.85. The normalized spacial score (nSPS) is 20.8. The van der Waals surface area contributed by atoms with Gasteiger partial charge in [-0.1, -0.05) is 0 Å². The summed E-state index contributed by atoms with van der Waals surface area (Å²) >= 11 is 0. The van der Waals surface area contributed by atoms with Crippen LogP contribution in [0.5, 0.6) is 0 Å². The van der Waals surface area contributed by atoms with Gasteiger partial charge in [-0.15, -0.1) is 0 Å². The average Bonchev–Trinajstić information content (AvgIpc) is 2.84. The Kier molecular flexibility index (Phi) is 4.52. The van der Waals surface area contributed by atoms with Crippen molar-refractivity contribution in [1.29, 1.82) is 0 Å². The lowest BCUT2D eigenvalue weighted by Crippen LogP contribution is -2.48. The number of nitrogens with one attached hydrogen (secondary N) is 2. The predicted molar refractivity (Wildman–Crippen MR) is 74.1 cm³/mol. The highest BCUT2D eigenvalue weighted by molar-refractivity contribution is 5.84. The van der Waals surface area contributed by atoms with Gasteiger partial charge in [-0.05, 0) is 38.8 Å². The molecule has 1 aliphatic rings. The first-order valence-electron chi connectivity index (χ1n) is 6.86. The fourth-order valence-corrected chi connectivity index (χ4v) is 2.35. The van der Waals surface area contributed by atoms with Crippen LogP contribution in [-0.4, -0.2) is 35.4 Å². The molecule has 21 heavy (non-hydrogen) atoms. The number of carboxylic acid groups (broad SMARTS) is 1. The van der Waals surface area contributed by atoms with E-state index in [9.17, 15) is 9.59 Å². The number of urea groups is 1. The van der Waals surface area contributed by atoms with Gasteiger partial charge in [0.2, 0.25) is 5.76 Å². The minimum atomic E-state index is -1.13. The van der Waals surface area contributed by atoms with Gasteiger partial charge in [-0.25, -0.2) is 9.59 Å². The van der Waals surface area contributed by atoms with E-state index in [0.29, 0.717) is 12.4 Å². The standard InChI is InChI=1S/C14H20N2O5/c1-14(2)7-9(5-6-20-14)16-13(19)15-8-10-3-4-11(21-10)12(17)18/h3-4,9H,5-8H2,1-2H3,(H,17,18)(H2,15,16,19). The van der Waals surface area contributed by atoms with Crippen molar-refractivity contribution in [2.75, 3.05) is 6.61 Å². The minimum absolute atomic E-state index is 0.0694. The molecule has 1 atom stereocenters. The number of carboxylic acids is 1. The highest BCUT2D eigenvalue weighted by atomic mass is 16.5. The quantitative estimate of drug-likeness (QED) is 0.785. The molecule has 7 nitrogen and oxygen atoms in total. The summed E-state index contributed by atoms with van der Waals surface area (Å²) < 4.78 is 10.6. The van der Waals surface area contributed by atoms with Gasteiger partial charge in [-0.2, -0.15) is 0 Å². The average molecular weight is 296 g/mol. The summed E-state index contributed by atoms with van der Waals surface area (Å²) in [4.78, 5) is 22.5. The Hall–Kier alpha value is -2.02. The third-order valence-electron chi connectivity index (χ3n) is 3.33. The first-order valence-corrected chi connectivity index (χ1v) is 6.86. The number of carbonyl (C=O) groups excluding carboxylic acids is 1. The van der Waals surface area contributed by atoms with E-state index in [4.69, 9.17) is 14.3 Å². The van der Waals surface area contributed by atoms with Crippen LogP contribution in [0.3, 0.4) is 0 Å². The van der Waals surface area contributed by atoms with Crippen LogP contribution in [0.15, 0.2) is 16.5 Å². The van der Waals surface area contributed by atoms with Crippen LogP contribution in [0.2, 0.25) is 0 Å². The molecule has 3 N–H and O–H groups in total. The zero-order valence-corrected chi connectivity index (χ0v) is 12.1. The molecule has 1 aromatic rings. The number of rotatable bonds is 4. The predicted octanol–water partition coefficient (Wildman–Crippen LogP) is 1.73. The molecule has 0 aromatic carbocycles. The number of ether oxygens (including phenoxy) is 1. The monoisotopic (exact) mass is 296 g/mol. The smallest absolute Gasteiger partial charge is 0.371 e. The van der Waals surface area contributed by atoms with E-state index in [1.54, 1.807) is 0 Å². The molecular weight excluding hydrogens is 276 g/mol. The lowest BCUT2D eigenvalue weighted by Gasteiger charge is -2.35. The minimum Gasteiger partial charge on any atom is -0.475 e. The topological polar surface area (TPSA) is 101 Å². The van der Waals surface area contributed by atoms with Crippen molar-refractivity contribution < 1.29 is 23.8 Å². The van der Waals surface area contributed by atoms with E-state index in [1.165, 1.54) is 12.1 Å².